The fraction of sp³-hybridized carbons (Fsp3) is 0.467. The molecular formula is C15H19NO5. The average Bonchev–Trinajstić information content (AvgIpc) is 2.45. The van der Waals surface area contributed by atoms with Crippen molar-refractivity contribution in [2.24, 2.45) is 5.92 Å². The first-order valence-corrected chi connectivity index (χ1v) is 6.89. The van der Waals surface area contributed by atoms with Crippen molar-refractivity contribution < 1.29 is 24.2 Å². The summed E-state index contributed by atoms with van der Waals surface area (Å²) < 4.78 is 11.0. The summed E-state index contributed by atoms with van der Waals surface area (Å²) in [5.74, 6) is -0.291. The number of carboxylic acids is 1. The molecule has 1 aromatic carbocycles. The molecule has 1 aromatic rings. The van der Waals surface area contributed by atoms with Gasteiger partial charge < -0.3 is 19.9 Å². The van der Waals surface area contributed by atoms with E-state index >= 15 is 0 Å². The lowest BCUT2D eigenvalue weighted by Crippen LogP contribution is -2.50. The number of benzene rings is 1. The Morgan fingerprint density at radius 2 is 2.00 bits per heavy atom. The van der Waals surface area contributed by atoms with Gasteiger partial charge in [0.2, 0.25) is 6.10 Å². The van der Waals surface area contributed by atoms with Gasteiger partial charge in [-0.3, -0.25) is 4.79 Å². The molecule has 0 spiro atoms. The van der Waals surface area contributed by atoms with E-state index in [1.54, 1.807) is 18.2 Å². The van der Waals surface area contributed by atoms with Crippen LogP contribution >= 0.6 is 0 Å². The molecule has 1 amide bonds. The monoisotopic (exact) mass is 293 g/mol. The van der Waals surface area contributed by atoms with E-state index in [4.69, 9.17) is 14.6 Å². The van der Waals surface area contributed by atoms with E-state index in [2.05, 4.69) is 5.32 Å². The number of ether oxygens (including phenoxy) is 2. The predicted molar refractivity (Wildman–Crippen MR) is 75.4 cm³/mol. The second-order valence-corrected chi connectivity index (χ2v) is 5.39. The van der Waals surface area contributed by atoms with E-state index in [0.29, 0.717) is 17.9 Å². The van der Waals surface area contributed by atoms with Crippen LogP contribution in [0, 0.1) is 5.92 Å². The number of rotatable bonds is 5. The number of carbonyl (C=O) groups excluding carboxylic acids is 1. The van der Waals surface area contributed by atoms with Crippen molar-refractivity contribution in [1.29, 1.82) is 0 Å². The molecule has 0 saturated heterocycles. The van der Waals surface area contributed by atoms with E-state index in [1.165, 1.54) is 0 Å². The first-order chi connectivity index (χ1) is 9.97. The Bertz CT molecular complexity index is 529. The topological polar surface area (TPSA) is 84.9 Å². The quantitative estimate of drug-likeness (QED) is 0.858. The van der Waals surface area contributed by atoms with Crippen LogP contribution in [0.1, 0.15) is 20.3 Å². The van der Waals surface area contributed by atoms with Crippen LogP contribution in [0.25, 0.3) is 0 Å². The van der Waals surface area contributed by atoms with Gasteiger partial charge in [-0.05, 0) is 24.5 Å². The van der Waals surface area contributed by atoms with E-state index in [-0.39, 0.29) is 12.5 Å². The molecule has 6 heteroatoms. The maximum atomic E-state index is 12.1. The molecule has 1 aliphatic heterocycles. The Balaban J connectivity index is 1.99. The number of nitrogens with one attached hydrogen (secondary N) is 1. The Hall–Kier alpha value is -2.24. The lowest BCUT2D eigenvalue weighted by Gasteiger charge is -2.27. The van der Waals surface area contributed by atoms with Gasteiger partial charge in [0, 0.05) is 0 Å². The molecule has 2 atom stereocenters. The fourth-order valence-corrected chi connectivity index (χ4v) is 2.11. The van der Waals surface area contributed by atoms with Crippen molar-refractivity contribution in [1.82, 2.24) is 5.32 Å². The van der Waals surface area contributed by atoms with Crippen LogP contribution in [-0.2, 0) is 9.59 Å². The van der Waals surface area contributed by atoms with Gasteiger partial charge in [-0.15, -0.1) is 0 Å². The van der Waals surface area contributed by atoms with Gasteiger partial charge >= 0.3 is 5.97 Å². The van der Waals surface area contributed by atoms with Gasteiger partial charge in [-0.25, -0.2) is 4.79 Å². The molecular weight excluding hydrogens is 274 g/mol. The minimum Gasteiger partial charge on any atom is -0.485 e. The summed E-state index contributed by atoms with van der Waals surface area (Å²) in [7, 11) is 0. The molecule has 0 aromatic heterocycles. The standard InChI is InChI=1S/C15H19NO5/c1-9(2)7-10(15(18)19)16-14(17)13-8-20-11-5-3-4-6-12(11)21-13/h3-6,9-10,13H,7-8H2,1-2H3,(H,16,17)(H,18,19)/t10-,13?/m0/s1. The third kappa shape index (κ3) is 3.87. The zero-order chi connectivity index (χ0) is 15.4. The molecule has 21 heavy (non-hydrogen) atoms. The van der Waals surface area contributed by atoms with Gasteiger partial charge in [0.1, 0.15) is 12.6 Å². The Kier molecular flexibility index (Phi) is 4.67. The number of hydrogen-bond donors (Lipinski definition) is 2. The summed E-state index contributed by atoms with van der Waals surface area (Å²) in [4.78, 5) is 23.3. The highest BCUT2D eigenvalue weighted by Gasteiger charge is 2.30. The van der Waals surface area contributed by atoms with E-state index in [0.717, 1.165) is 0 Å². The number of fused-ring (bicyclic) bond motifs is 1. The first-order valence-electron chi connectivity index (χ1n) is 6.89. The maximum Gasteiger partial charge on any atom is 0.326 e. The van der Waals surface area contributed by atoms with Crippen LogP contribution in [0.15, 0.2) is 24.3 Å². The van der Waals surface area contributed by atoms with E-state index in [1.807, 2.05) is 19.9 Å². The number of amides is 1. The van der Waals surface area contributed by atoms with Crippen LogP contribution < -0.4 is 14.8 Å². The second kappa shape index (κ2) is 6.47. The number of para-hydroxylation sites is 2. The van der Waals surface area contributed by atoms with Crippen LogP contribution in [0.3, 0.4) is 0 Å². The summed E-state index contributed by atoms with van der Waals surface area (Å²) in [5, 5.41) is 11.6. The summed E-state index contributed by atoms with van der Waals surface area (Å²) in [6, 6.07) is 6.13. The highest BCUT2D eigenvalue weighted by Crippen LogP contribution is 2.30. The number of carbonyl (C=O) groups is 2. The van der Waals surface area contributed by atoms with Crippen molar-refractivity contribution in [3.63, 3.8) is 0 Å². The Morgan fingerprint density at radius 1 is 1.33 bits per heavy atom. The zero-order valence-corrected chi connectivity index (χ0v) is 12.0. The summed E-state index contributed by atoms with van der Waals surface area (Å²) in [6.07, 6.45) is -0.473. The first kappa shape index (κ1) is 15.2. The summed E-state index contributed by atoms with van der Waals surface area (Å²) in [6.45, 7) is 3.87. The van der Waals surface area contributed by atoms with Crippen molar-refractivity contribution >= 4 is 11.9 Å². The SMILES string of the molecule is CC(C)C[C@H](NC(=O)C1COc2ccccc2O1)C(=O)O. The molecule has 0 bridgehead atoms. The largest absolute Gasteiger partial charge is 0.485 e. The normalized spacial score (nSPS) is 18.1. The van der Waals surface area contributed by atoms with Gasteiger partial charge in [-0.1, -0.05) is 26.0 Å². The molecule has 2 N–H and O–H groups in total. The third-order valence-corrected chi connectivity index (χ3v) is 3.12. The van der Waals surface area contributed by atoms with Gasteiger partial charge in [0.15, 0.2) is 11.5 Å². The van der Waals surface area contributed by atoms with Crippen LogP contribution in [0.5, 0.6) is 11.5 Å². The summed E-state index contributed by atoms with van der Waals surface area (Å²) >= 11 is 0. The Labute approximate surface area is 123 Å². The highest BCUT2D eigenvalue weighted by molar-refractivity contribution is 5.86. The van der Waals surface area contributed by atoms with E-state index in [9.17, 15) is 9.59 Å². The van der Waals surface area contributed by atoms with Gasteiger partial charge in [0.05, 0.1) is 0 Å². The molecule has 0 radical (unpaired) electrons. The maximum absolute atomic E-state index is 12.1. The molecule has 1 aliphatic rings. The fourth-order valence-electron chi connectivity index (χ4n) is 2.11. The van der Waals surface area contributed by atoms with Crippen molar-refractivity contribution in [2.45, 2.75) is 32.4 Å². The molecule has 0 aliphatic carbocycles. The van der Waals surface area contributed by atoms with E-state index < -0.39 is 24.0 Å². The van der Waals surface area contributed by atoms with Crippen molar-refractivity contribution in [3.05, 3.63) is 24.3 Å². The molecule has 2 rings (SSSR count). The molecule has 114 valence electrons. The number of carboxylic acid groups (broad SMARTS) is 1. The molecule has 1 heterocycles. The third-order valence-electron chi connectivity index (χ3n) is 3.12. The Morgan fingerprint density at radius 3 is 2.62 bits per heavy atom. The van der Waals surface area contributed by atoms with Crippen molar-refractivity contribution in [3.8, 4) is 11.5 Å². The van der Waals surface area contributed by atoms with Gasteiger partial charge in [-0.2, -0.15) is 0 Å². The van der Waals surface area contributed by atoms with Crippen molar-refractivity contribution in [2.75, 3.05) is 6.61 Å². The van der Waals surface area contributed by atoms with Gasteiger partial charge in [0.25, 0.3) is 5.91 Å². The lowest BCUT2D eigenvalue weighted by molar-refractivity contribution is -0.144. The molecule has 0 fully saturated rings. The lowest BCUT2D eigenvalue weighted by atomic mass is 10.0. The molecule has 1 unspecified atom stereocenters. The zero-order valence-electron chi connectivity index (χ0n) is 12.0. The van der Waals surface area contributed by atoms with Crippen LogP contribution in [0.2, 0.25) is 0 Å². The number of aliphatic carboxylic acids is 1. The van der Waals surface area contributed by atoms with Crippen LogP contribution in [-0.4, -0.2) is 35.7 Å². The minimum atomic E-state index is -1.05. The number of hydrogen-bond acceptors (Lipinski definition) is 4. The molecule has 6 nitrogen and oxygen atoms in total. The second-order valence-electron chi connectivity index (χ2n) is 5.39. The van der Waals surface area contributed by atoms with Crippen LogP contribution in [0.4, 0.5) is 0 Å². The summed E-state index contributed by atoms with van der Waals surface area (Å²) in [5.41, 5.74) is 0. The minimum absolute atomic E-state index is 0.0663. The smallest absolute Gasteiger partial charge is 0.326 e. The molecule has 0 saturated carbocycles. The predicted octanol–water partition coefficient (Wildman–Crippen LogP) is 1.44. The average molecular weight is 293 g/mol. The highest BCUT2D eigenvalue weighted by atomic mass is 16.6.